The van der Waals surface area contributed by atoms with Crippen molar-refractivity contribution in [3.8, 4) is 11.4 Å². The molecule has 1 saturated heterocycles. The van der Waals surface area contributed by atoms with Crippen molar-refractivity contribution in [2.24, 2.45) is 7.05 Å². The first-order valence-corrected chi connectivity index (χ1v) is 9.19. The van der Waals surface area contributed by atoms with Gasteiger partial charge in [-0.25, -0.2) is 14.8 Å². The number of anilines is 2. The van der Waals surface area contributed by atoms with Gasteiger partial charge in [-0.1, -0.05) is 0 Å². The van der Waals surface area contributed by atoms with Crippen molar-refractivity contribution in [3.05, 3.63) is 48.5 Å². The Bertz CT molecular complexity index is 960. The van der Waals surface area contributed by atoms with E-state index in [9.17, 15) is 4.79 Å². The van der Waals surface area contributed by atoms with E-state index >= 15 is 0 Å². The van der Waals surface area contributed by atoms with Crippen LogP contribution in [-0.4, -0.2) is 48.8 Å². The van der Waals surface area contributed by atoms with Crippen molar-refractivity contribution >= 4 is 17.7 Å². The molecule has 0 bridgehead atoms. The smallest absolute Gasteiger partial charge is 0.321 e. The number of hydrogen-bond acceptors (Lipinski definition) is 6. The molecule has 1 aliphatic rings. The van der Waals surface area contributed by atoms with E-state index in [4.69, 9.17) is 5.73 Å². The number of aryl methyl sites for hydroxylation is 1. The van der Waals surface area contributed by atoms with Gasteiger partial charge in [0.05, 0.1) is 0 Å². The zero-order valence-corrected chi connectivity index (χ0v) is 15.6. The van der Waals surface area contributed by atoms with Gasteiger partial charge in [0.25, 0.3) is 0 Å². The van der Waals surface area contributed by atoms with Gasteiger partial charge in [-0.3, -0.25) is 0 Å². The summed E-state index contributed by atoms with van der Waals surface area (Å²) in [4.78, 5) is 22.6. The lowest BCUT2D eigenvalue weighted by Gasteiger charge is -2.31. The number of nitrogens with two attached hydrogens (primary N) is 1. The number of aromatic nitrogens is 5. The van der Waals surface area contributed by atoms with E-state index in [0.29, 0.717) is 25.0 Å². The molecule has 28 heavy (non-hydrogen) atoms. The summed E-state index contributed by atoms with van der Waals surface area (Å²) in [5.41, 5.74) is 8.32. The number of nitrogens with zero attached hydrogens (tertiary/aromatic N) is 6. The first kappa shape index (κ1) is 17.9. The Morgan fingerprint density at radius 2 is 1.93 bits per heavy atom. The summed E-state index contributed by atoms with van der Waals surface area (Å²) >= 11 is 0. The van der Waals surface area contributed by atoms with Crippen LogP contribution in [0.1, 0.15) is 24.5 Å². The number of urea groups is 1. The van der Waals surface area contributed by atoms with Crippen LogP contribution in [0.4, 0.5) is 16.4 Å². The van der Waals surface area contributed by atoms with Crippen molar-refractivity contribution < 1.29 is 4.79 Å². The summed E-state index contributed by atoms with van der Waals surface area (Å²) in [6.45, 7) is 1.36. The zero-order chi connectivity index (χ0) is 19.5. The highest BCUT2D eigenvalue weighted by Gasteiger charge is 2.24. The van der Waals surface area contributed by atoms with Gasteiger partial charge in [-0.05, 0) is 43.2 Å². The maximum Gasteiger partial charge on any atom is 0.321 e. The molecular weight excluding hydrogens is 356 g/mol. The molecule has 0 radical (unpaired) electrons. The van der Waals surface area contributed by atoms with Crippen molar-refractivity contribution in [1.82, 2.24) is 29.6 Å². The highest BCUT2D eigenvalue weighted by Crippen LogP contribution is 2.27. The second-order valence-corrected chi connectivity index (χ2v) is 6.87. The third-order valence-corrected chi connectivity index (χ3v) is 5.00. The van der Waals surface area contributed by atoms with Crippen LogP contribution in [0.25, 0.3) is 11.4 Å². The molecule has 9 heteroatoms. The average Bonchev–Trinajstić information content (AvgIpc) is 3.14. The van der Waals surface area contributed by atoms with E-state index in [1.54, 1.807) is 12.5 Å². The predicted molar refractivity (Wildman–Crippen MR) is 105 cm³/mol. The summed E-state index contributed by atoms with van der Waals surface area (Å²) < 4.78 is 1.85. The molecule has 3 aromatic rings. The second kappa shape index (κ2) is 7.63. The molecule has 0 atom stereocenters. The SMILES string of the molecule is Cn1cnnc1-c1ccc(NC(=O)N2CCC(c3ccnc(N)n3)CC2)cc1. The zero-order valence-electron chi connectivity index (χ0n) is 15.6. The largest absolute Gasteiger partial charge is 0.368 e. The number of rotatable bonds is 3. The van der Waals surface area contributed by atoms with Crippen molar-refractivity contribution in [1.29, 1.82) is 0 Å². The fourth-order valence-corrected chi connectivity index (χ4v) is 3.44. The molecule has 1 aromatic carbocycles. The summed E-state index contributed by atoms with van der Waals surface area (Å²) in [7, 11) is 1.89. The van der Waals surface area contributed by atoms with Crippen LogP contribution in [0.3, 0.4) is 0 Å². The average molecular weight is 378 g/mol. The molecule has 144 valence electrons. The molecule has 1 fully saturated rings. The van der Waals surface area contributed by atoms with Crippen LogP contribution in [0.15, 0.2) is 42.9 Å². The van der Waals surface area contributed by atoms with E-state index < -0.39 is 0 Å². The lowest BCUT2D eigenvalue weighted by atomic mass is 9.93. The second-order valence-electron chi connectivity index (χ2n) is 6.87. The van der Waals surface area contributed by atoms with Gasteiger partial charge in [0, 0.05) is 49.2 Å². The number of hydrogen-bond donors (Lipinski definition) is 2. The van der Waals surface area contributed by atoms with Gasteiger partial charge in [0.2, 0.25) is 5.95 Å². The third-order valence-electron chi connectivity index (χ3n) is 5.00. The van der Waals surface area contributed by atoms with Crippen molar-refractivity contribution in [3.63, 3.8) is 0 Å². The number of nitrogens with one attached hydrogen (secondary N) is 1. The molecule has 0 spiro atoms. The Morgan fingerprint density at radius 3 is 2.57 bits per heavy atom. The Hall–Kier alpha value is -3.49. The normalized spacial score (nSPS) is 14.8. The van der Waals surface area contributed by atoms with Crippen molar-refractivity contribution in [2.75, 3.05) is 24.1 Å². The first-order valence-electron chi connectivity index (χ1n) is 9.19. The third kappa shape index (κ3) is 3.78. The lowest BCUT2D eigenvalue weighted by Crippen LogP contribution is -2.40. The van der Waals surface area contributed by atoms with Gasteiger partial charge >= 0.3 is 6.03 Å². The number of nitrogen functional groups attached to an aromatic ring is 1. The monoisotopic (exact) mass is 378 g/mol. The summed E-state index contributed by atoms with van der Waals surface area (Å²) in [6.07, 6.45) is 5.05. The van der Waals surface area contributed by atoms with E-state index in [0.717, 1.165) is 35.6 Å². The Labute approximate surface area is 162 Å². The molecule has 3 N–H and O–H groups in total. The van der Waals surface area contributed by atoms with E-state index in [2.05, 4.69) is 25.5 Å². The van der Waals surface area contributed by atoms with Gasteiger partial charge in [0.15, 0.2) is 5.82 Å². The maximum absolute atomic E-state index is 12.6. The molecule has 2 aromatic heterocycles. The van der Waals surface area contributed by atoms with Gasteiger partial charge < -0.3 is 20.5 Å². The highest BCUT2D eigenvalue weighted by molar-refractivity contribution is 5.89. The molecule has 1 aliphatic heterocycles. The Balaban J connectivity index is 1.34. The minimum absolute atomic E-state index is 0.0907. The van der Waals surface area contributed by atoms with E-state index in [-0.39, 0.29) is 6.03 Å². The minimum Gasteiger partial charge on any atom is -0.368 e. The number of likely N-dealkylation sites (tertiary alicyclic amines) is 1. The number of piperidine rings is 1. The Morgan fingerprint density at radius 1 is 1.18 bits per heavy atom. The van der Waals surface area contributed by atoms with Crippen LogP contribution in [0.5, 0.6) is 0 Å². The fourth-order valence-electron chi connectivity index (χ4n) is 3.44. The number of benzene rings is 1. The highest BCUT2D eigenvalue weighted by atomic mass is 16.2. The summed E-state index contributed by atoms with van der Waals surface area (Å²) in [6, 6.07) is 9.40. The number of carbonyl (C=O) groups is 1. The molecule has 0 unspecified atom stereocenters. The first-order chi connectivity index (χ1) is 13.6. The Kier molecular flexibility index (Phi) is 4.88. The quantitative estimate of drug-likeness (QED) is 0.722. The molecule has 0 saturated carbocycles. The van der Waals surface area contributed by atoms with Crippen LogP contribution in [-0.2, 0) is 7.05 Å². The van der Waals surface area contributed by atoms with Gasteiger partial charge in [-0.2, -0.15) is 0 Å². The van der Waals surface area contributed by atoms with Crippen LogP contribution < -0.4 is 11.1 Å². The fraction of sp³-hybridized carbons (Fsp3) is 0.316. The van der Waals surface area contributed by atoms with E-state index in [1.165, 1.54) is 0 Å². The van der Waals surface area contributed by atoms with Crippen LogP contribution >= 0.6 is 0 Å². The molecular formula is C19H22N8O. The van der Waals surface area contributed by atoms with Crippen molar-refractivity contribution in [2.45, 2.75) is 18.8 Å². The molecule has 3 heterocycles. The molecule has 2 amide bonds. The standard InChI is InChI=1S/C19H22N8O/c1-26-12-22-25-17(26)14-2-4-15(5-3-14)23-19(28)27-10-7-13(8-11-27)16-6-9-21-18(20)24-16/h2-6,9,12-13H,7-8,10-11H2,1H3,(H,23,28)(H2,20,21,24). The summed E-state index contributed by atoms with van der Waals surface area (Å²) in [5, 5.41) is 10.9. The number of carbonyl (C=O) groups excluding carboxylic acids is 1. The van der Waals surface area contributed by atoms with Gasteiger partial charge in [0.1, 0.15) is 6.33 Å². The topological polar surface area (TPSA) is 115 Å². The molecule has 4 rings (SSSR count). The van der Waals surface area contributed by atoms with E-state index in [1.807, 2.05) is 46.8 Å². The van der Waals surface area contributed by atoms with Crippen LogP contribution in [0.2, 0.25) is 0 Å². The maximum atomic E-state index is 12.6. The predicted octanol–water partition coefficient (Wildman–Crippen LogP) is 2.27. The lowest BCUT2D eigenvalue weighted by molar-refractivity contribution is 0.194. The summed E-state index contributed by atoms with van der Waals surface area (Å²) in [5.74, 6) is 1.38. The minimum atomic E-state index is -0.0907. The van der Waals surface area contributed by atoms with Crippen LogP contribution in [0, 0.1) is 0 Å². The number of amides is 2. The van der Waals surface area contributed by atoms with Gasteiger partial charge in [-0.15, -0.1) is 10.2 Å². The molecule has 0 aliphatic carbocycles. The molecule has 9 nitrogen and oxygen atoms in total.